The van der Waals surface area contributed by atoms with Crippen LogP contribution in [-0.4, -0.2) is 68.6 Å². The van der Waals surface area contributed by atoms with Gasteiger partial charge in [-0.25, -0.2) is 4.39 Å². The molecule has 4 atom stereocenters. The Balaban J connectivity index is 1.33. The van der Waals surface area contributed by atoms with Crippen molar-refractivity contribution in [2.75, 3.05) is 51.3 Å². The number of piperazine rings is 1. The van der Waals surface area contributed by atoms with Gasteiger partial charge in [0.2, 0.25) is 0 Å². The summed E-state index contributed by atoms with van der Waals surface area (Å²) in [6, 6.07) is 14.9. The van der Waals surface area contributed by atoms with E-state index in [0.717, 1.165) is 75.1 Å². The van der Waals surface area contributed by atoms with Gasteiger partial charge < -0.3 is 14.4 Å². The highest BCUT2D eigenvalue weighted by molar-refractivity contribution is 5.62. The highest BCUT2D eigenvalue weighted by atomic mass is 19.1. The average molecular weight is 466 g/mol. The van der Waals surface area contributed by atoms with E-state index in [4.69, 9.17) is 4.74 Å². The molecule has 0 spiro atoms. The van der Waals surface area contributed by atoms with Gasteiger partial charge in [-0.3, -0.25) is 9.80 Å². The van der Waals surface area contributed by atoms with Crippen molar-refractivity contribution in [3.8, 4) is 5.75 Å². The van der Waals surface area contributed by atoms with Crippen LogP contribution in [0.3, 0.4) is 0 Å². The van der Waals surface area contributed by atoms with Crippen molar-refractivity contribution in [1.29, 1.82) is 0 Å². The molecule has 4 unspecified atom stereocenters. The Morgan fingerprint density at radius 2 is 1.71 bits per heavy atom. The molecule has 5 nitrogen and oxygen atoms in total. The Kier molecular flexibility index (Phi) is 7.16. The van der Waals surface area contributed by atoms with E-state index in [2.05, 4.69) is 26.8 Å². The smallest absolute Gasteiger partial charge is 0.142 e. The van der Waals surface area contributed by atoms with Gasteiger partial charge in [0.1, 0.15) is 17.9 Å². The molecule has 2 aliphatic heterocycles. The number of fused-ring (bicyclic) bond motifs is 2. The van der Waals surface area contributed by atoms with Gasteiger partial charge in [0, 0.05) is 51.3 Å². The van der Waals surface area contributed by atoms with Crippen LogP contribution in [0.5, 0.6) is 5.75 Å². The Bertz CT molecular complexity index is 951. The molecule has 34 heavy (non-hydrogen) atoms. The highest BCUT2D eigenvalue weighted by Crippen LogP contribution is 2.39. The summed E-state index contributed by atoms with van der Waals surface area (Å²) in [5.74, 6) is 1.96. The SMILES string of the molecule is COc1ccc(F)cc1N1CCN(C(CC(C=O)c2ccccc2)N2CC3CCC(C3)C2)CC1. The zero-order valence-corrected chi connectivity index (χ0v) is 20.1. The van der Waals surface area contributed by atoms with Gasteiger partial charge >= 0.3 is 0 Å². The number of carbonyl (C=O) groups excluding carboxylic acids is 1. The number of halogens is 1. The van der Waals surface area contributed by atoms with E-state index < -0.39 is 0 Å². The van der Waals surface area contributed by atoms with Crippen LogP contribution in [0.2, 0.25) is 0 Å². The minimum absolute atomic E-state index is 0.105. The molecule has 2 heterocycles. The number of hydrogen-bond donors (Lipinski definition) is 0. The van der Waals surface area contributed by atoms with E-state index >= 15 is 0 Å². The molecule has 2 bridgehead atoms. The molecule has 1 aliphatic carbocycles. The van der Waals surface area contributed by atoms with E-state index in [1.54, 1.807) is 19.2 Å². The molecule has 5 rings (SSSR count). The number of piperidine rings is 1. The van der Waals surface area contributed by atoms with Gasteiger partial charge in [0.25, 0.3) is 0 Å². The lowest BCUT2D eigenvalue weighted by Crippen LogP contribution is -2.58. The number of anilines is 1. The van der Waals surface area contributed by atoms with E-state index in [9.17, 15) is 9.18 Å². The maximum absolute atomic E-state index is 14.0. The molecule has 0 radical (unpaired) electrons. The number of rotatable bonds is 8. The fourth-order valence-electron chi connectivity index (χ4n) is 6.39. The van der Waals surface area contributed by atoms with Gasteiger partial charge in [-0.1, -0.05) is 30.3 Å². The first-order chi connectivity index (χ1) is 16.6. The topological polar surface area (TPSA) is 36.0 Å². The van der Waals surface area contributed by atoms with Crippen molar-refractivity contribution in [2.24, 2.45) is 11.8 Å². The number of hydrogen-bond acceptors (Lipinski definition) is 5. The molecule has 2 saturated heterocycles. The second-order valence-electron chi connectivity index (χ2n) is 10.2. The van der Waals surface area contributed by atoms with Crippen LogP contribution in [0.1, 0.15) is 37.2 Å². The van der Waals surface area contributed by atoms with Gasteiger partial charge in [-0.05, 0) is 55.2 Å². The molecule has 2 aromatic carbocycles. The molecular weight excluding hydrogens is 429 g/mol. The molecule has 0 amide bonds. The molecule has 1 saturated carbocycles. The number of carbonyl (C=O) groups is 1. The maximum Gasteiger partial charge on any atom is 0.142 e. The van der Waals surface area contributed by atoms with Crippen LogP contribution < -0.4 is 9.64 Å². The summed E-state index contributed by atoms with van der Waals surface area (Å²) < 4.78 is 19.5. The lowest BCUT2D eigenvalue weighted by atomic mass is 9.92. The van der Waals surface area contributed by atoms with Gasteiger partial charge in [-0.15, -0.1) is 0 Å². The number of benzene rings is 2. The predicted molar refractivity (Wildman–Crippen MR) is 133 cm³/mol. The van der Waals surface area contributed by atoms with Crippen LogP contribution in [-0.2, 0) is 4.79 Å². The lowest BCUT2D eigenvalue weighted by molar-refractivity contribution is -0.110. The van der Waals surface area contributed by atoms with Crippen LogP contribution in [0.25, 0.3) is 0 Å². The number of methoxy groups -OCH3 is 1. The third kappa shape index (κ3) is 4.98. The first-order valence-electron chi connectivity index (χ1n) is 12.7. The van der Waals surface area contributed by atoms with Crippen molar-refractivity contribution in [3.63, 3.8) is 0 Å². The van der Waals surface area contributed by atoms with Crippen LogP contribution in [0, 0.1) is 17.7 Å². The molecule has 3 fully saturated rings. The second kappa shape index (κ2) is 10.4. The molecular formula is C28H36FN3O2. The number of likely N-dealkylation sites (tertiary alicyclic amines) is 1. The number of nitrogens with zero attached hydrogens (tertiary/aromatic N) is 3. The molecule has 0 aromatic heterocycles. The van der Waals surface area contributed by atoms with Crippen LogP contribution >= 0.6 is 0 Å². The zero-order chi connectivity index (χ0) is 23.5. The lowest BCUT2D eigenvalue weighted by Gasteiger charge is -2.47. The monoisotopic (exact) mass is 465 g/mol. The molecule has 2 aromatic rings. The first-order valence-corrected chi connectivity index (χ1v) is 12.7. The summed E-state index contributed by atoms with van der Waals surface area (Å²) in [6.07, 6.45) is 6.25. The number of ether oxygens (including phenoxy) is 1. The van der Waals surface area contributed by atoms with Crippen LogP contribution in [0.4, 0.5) is 10.1 Å². The standard InChI is InChI=1S/C28H36FN3O2/c1-34-27-10-9-25(29)17-26(27)30-11-13-31(14-12-30)28(32-18-21-7-8-22(15-21)19-32)16-24(20-33)23-5-3-2-4-6-23/h2-6,9-10,17,20-22,24,28H,7-8,11-16,18-19H2,1H3. The average Bonchev–Trinajstić information content (AvgIpc) is 3.22. The van der Waals surface area contributed by atoms with E-state index in [0.29, 0.717) is 5.75 Å². The van der Waals surface area contributed by atoms with Crippen molar-refractivity contribution < 1.29 is 13.9 Å². The fourth-order valence-corrected chi connectivity index (χ4v) is 6.39. The van der Waals surface area contributed by atoms with Crippen molar-refractivity contribution in [3.05, 3.63) is 59.9 Å². The molecule has 0 N–H and O–H groups in total. The van der Waals surface area contributed by atoms with E-state index in [1.807, 2.05) is 18.2 Å². The minimum Gasteiger partial charge on any atom is -0.495 e. The summed E-state index contributed by atoms with van der Waals surface area (Å²) in [5, 5.41) is 0. The Morgan fingerprint density at radius 3 is 2.35 bits per heavy atom. The Morgan fingerprint density at radius 1 is 1.00 bits per heavy atom. The molecule has 6 heteroatoms. The number of aldehydes is 1. The van der Waals surface area contributed by atoms with Gasteiger partial charge in [0.05, 0.1) is 19.0 Å². The van der Waals surface area contributed by atoms with Gasteiger partial charge in [0.15, 0.2) is 0 Å². The highest BCUT2D eigenvalue weighted by Gasteiger charge is 2.39. The molecule has 3 aliphatic rings. The largest absolute Gasteiger partial charge is 0.495 e. The normalized spacial score (nSPS) is 25.2. The summed E-state index contributed by atoms with van der Waals surface area (Å²) in [6.45, 7) is 5.67. The Hall–Kier alpha value is -2.44. The minimum atomic E-state index is -0.239. The fraction of sp³-hybridized carbons (Fsp3) is 0.536. The zero-order valence-electron chi connectivity index (χ0n) is 20.1. The van der Waals surface area contributed by atoms with Gasteiger partial charge in [-0.2, -0.15) is 0 Å². The second-order valence-corrected chi connectivity index (χ2v) is 10.2. The van der Waals surface area contributed by atoms with Crippen molar-refractivity contribution in [2.45, 2.75) is 37.8 Å². The third-order valence-corrected chi connectivity index (χ3v) is 8.13. The van der Waals surface area contributed by atoms with E-state index in [-0.39, 0.29) is 17.9 Å². The third-order valence-electron chi connectivity index (χ3n) is 8.13. The quantitative estimate of drug-likeness (QED) is 0.541. The predicted octanol–water partition coefficient (Wildman–Crippen LogP) is 4.39. The van der Waals surface area contributed by atoms with Crippen molar-refractivity contribution >= 4 is 12.0 Å². The maximum atomic E-state index is 14.0. The van der Waals surface area contributed by atoms with E-state index in [1.165, 1.54) is 25.3 Å². The summed E-state index contributed by atoms with van der Waals surface area (Å²) >= 11 is 0. The summed E-state index contributed by atoms with van der Waals surface area (Å²) in [4.78, 5) is 19.7. The molecule has 182 valence electrons. The van der Waals surface area contributed by atoms with Crippen molar-refractivity contribution in [1.82, 2.24) is 9.80 Å². The van der Waals surface area contributed by atoms with Crippen LogP contribution in [0.15, 0.2) is 48.5 Å². The summed E-state index contributed by atoms with van der Waals surface area (Å²) in [7, 11) is 1.64. The Labute approximate surface area is 202 Å². The summed E-state index contributed by atoms with van der Waals surface area (Å²) in [5.41, 5.74) is 1.93. The first kappa shape index (κ1) is 23.3.